The van der Waals surface area contributed by atoms with E-state index in [0.29, 0.717) is 36.7 Å². The third kappa shape index (κ3) is 2.48. The Morgan fingerprint density at radius 1 is 1.45 bits per heavy atom. The first-order valence-electron chi connectivity index (χ1n) is 6.61. The smallest absolute Gasteiger partial charge is 0.356 e. The summed E-state index contributed by atoms with van der Waals surface area (Å²) >= 11 is 0. The molecule has 3 N–H and O–H groups in total. The van der Waals surface area contributed by atoms with Crippen molar-refractivity contribution < 1.29 is 9.53 Å². The molecule has 1 aliphatic heterocycles. The lowest BCUT2D eigenvalue weighted by Gasteiger charge is -2.27. The number of esters is 1. The van der Waals surface area contributed by atoms with Crippen molar-refractivity contribution in [1.29, 1.82) is 0 Å². The fraction of sp³-hybridized carbons (Fsp3) is 0.308. The lowest BCUT2D eigenvalue weighted by Crippen LogP contribution is -2.36. The number of nitrogens with one attached hydrogen (secondary N) is 1. The fourth-order valence-corrected chi connectivity index (χ4v) is 2.34. The molecule has 0 spiro atoms. The number of carbonyl (C=O) groups excluding carboxylic acids is 1. The van der Waals surface area contributed by atoms with Crippen LogP contribution in [0.25, 0.3) is 0 Å². The number of nitrogens with zero attached hydrogens (tertiary/aromatic N) is 4. The van der Waals surface area contributed by atoms with E-state index in [1.807, 2.05) is 4.90 Å². The zero-order valence-electron chi connectivity index (χ0n) is 11.9. The molecular formula is C13H14N6O3. The number of rotatable bonds is 2. The van der Waals surface area contributed by atoms with E-state index >= 15 is 0 Å². The fourth-order valence-electron chi connectivity index (χ4n) is 2.34. The highest BCUT2D eigenvalue weighted by atomic mass is 16.5. The molecule has 0 unspecified atom stereocenters. The summed E-state index contributed by atoms with van der Waals surface area (Å²) in [6.45, 7) is 0.912. The number of carbonyl (C=O) groups is 1. The van der Waals surface area contributed by atoms with E-state index in [9.17, 15) is 9.59 Å². The summed E-state index contributed by atoms with van der Waals surface area (Å²) in [7, 11) is 1.27. The van der Waals surface area contributed by atoms with Gasteiger partial charge in [0.25, 0.3) is 5.56 Å². The highest BCUT2D eigenvalue weighted by Crippen LogP contribution is 2.19. The van der Waals surface area contributed by atoms with Crippen LogP contribution in [0, 0.1) is 0 Å². The van der Waals surface area contributed by atoms with E-state index in [4.69, 9.17) is 5.73 Å². The second-order valence-corrected chi connectivity index (χ2v) is 4.80. The summed E-state index contributed by atoms with van der Waals surface area (Å²) in [5.41, 5.74) is 7.01. The third-order valence-corrected chi connectivity index (χ3v) is 3.42. The molecule has 22 heavy (non-hydrogen) atoms. The Morgan fingerprint density at radius 3 is 3.05 bits per heavy atom. The number of fused-ring (bicyclic) bond motifs is 1. The zero-order valence-corrected chi connectivity index (χ0v) is 11.9. The molecule has 0 fully saturated rings. The van der Waals surface area contributed by atoms with Crippen LogP contribution in [0.5, 0.6) is 0 Å². The minimum atomic E-state index is -0.581. The maximum absolute atomic E-state index is 11.7. The van der Waals surface area contributed by atoms with Gasteiger partial charge in [0.2, 0.25) is 5.95 Å². The van der Waals surface area contributed by atoms with Crippen LogP contribution in [0.4, 0.5) is 11.8 Å². The Kier molecular flexibility index (Phi) is 3.45. The van der Waals surface area contributed by atoms with Crippen LogP contribution >= 0.6 is 0 Å². The molecule has 3 heterocycles. The lowest BCUT2D eigenvalue weighted by atomic mass is 10.1. The van der Waals surface area contributed by atoms with Crippen LogP contribution in [0.15, 0.2) is 17.2 Å². The number of methoxy groups -OCH3 is 1. The average Bonchev–Trinajstić information content (AvgIpc) is 2.53. The predicted molar refractivity (Wildman–Crippen MR) is 77.4 cm³/mol. The maximum atomic E-state index is 11.7. The monoisotopic (exact) mass is 302 g/mol. The van der Waals surface area contributed by atoms with Gasteiger partial charge in [-0.2, -0.15) is 4.98 Å². The Bertz CT molecular complexity index is 788. The maximum Gasteiger partial charge on any atom is 0.356 e. The quantitative estimate of drug-likeness (QED) is 0.710. The summed E-state index contributed by atoms with van der Waals surface area (Å²) in [5, 5.41) is 0. The second kappa shape index (κ2) is 5.43. The standard InChI is InChI=1S/C13H14N6O3/c1-22-12(21)8-4-10(14)18-13(17-8)19-3-2-7-9(5-19)15-6-16-11(7)20/h4,6H,2-3,5H2,1H3,(H2,14,17,18)(H,15,16,20). The van der Waals surface area contributed by atoms with Crippen molar-refractivity contribution in [3.05, 3.63) is 39.7 Å². The lowest BCUT2D eigenvalue weighted by molar-refractivity contribution is 0.0594. The molecule has 114 valence electrons. The van der Waals surface area contributed by atoms with Gasteiger partial charge < -0.3 is 20.4 Å². The largest absolute Gasteiger partial charge is 0.464 e. The summed E-state index contributed by atoms with van der Waals surface area (Å²) < 4.78 is 4.64. The number of ether oxygens (including phenoxy) is 1. The third-order valence-electron chi connectivity index (χ3n) is 3.42. The number of aromatic amines is 1. The molecule has 0 aromatic carbocycles. The van der Waals surface area contributed by atoms with Crippen molar-refractivity contribution in [3.63, 3.8) is 0 Å². The summed E-state index contributed by atoms with van der Waals surface area (Å²) in [5.74, 6) is -0.0921. The van der Waals surface area contributed by atoms with Crippen LogP contribution in [0.3, 0.4) is 0 Å². The number of hydrogen-bond donors (Lipinski definition) is 2. The van der Waals surface area contributed by atoms with Gasteiger partial charge in [0.1, 0.15) is 5.82 Å². The number of H-pyrrole nitrogens is 1. The molecule has 3 rings (SSSR count). The number of nitrogens with two attached hydrogens (primary N) is 1. The Hall–Kier alpha value is -2.97. The van der Waals surface area contributed by atoms with Gasteiger partial charge in [-0.1, -0.05) is 0 Å². The van der Waals surface area contributed by atoms with Gasteiger partial charge in [-0.25, -0.2) is 14.8 Å². The van der Waals surface area contributed by atoms with Gasteiger partial charge in [-0.15, -0.1) is 0 Å². The molecular weight excluding hydrogens is 288 g/mol. The predicted octanol–water partition coefficient (Wildman–Crippen LogP) is -0.509. The van der Waals surface area contributed by atoms with Crippen molar-refractivity contribution in [2.45, 2.75) is 13.0 Å². The minimum Gasteiger partial charge on any atom is -0.464 e. The van der Waals surface area contributed by atoms with Gasteiger partial charge in [0, 0.05) is 18.2 Å². The van der Waals surface area contributed by atoms with Crippen molar-refractivity contribution in [2.75, 3.05) is 24.3 Å². The van der Waals surface area contributed by atoms with Crippen molar-refractivity contribution in [3.8, 4) is 0 Å². The summed E-state index contributed by atoms with van der Waals surface area (Å²) in [6.07, 6.45) is 1.88. The molecule has 2 aromatic heterocycles. The average molecular weight is 302 g/mol. The molecule has 0 aliphatic carbocycles. The van der Waals surface area contributed by atoms with Gasteiger partial charge >= 0.3 is 5.97 Å². The van der Waals surface area contributed by atoms with Crippen LogP contribution in [0.1, 0.15) is 21.7 Å². The van der Waals surface area contributed by atoms with Crippen molar-refractivity contribution in [1.82, 2.24) is 19.9 Å². The first kappa shape index (κ1) is 14.0. The second-order valence-electron chi connectivity index (χ2n) is 4.80. The van der Waals surface area contributed by atoms with E-state index in [0.717, 1.165) is 0 Å². The number of aromatic nitrogens is 4. The molecule has 1 aliphatic rings. The van der Waals surface area contributed by atoms with Gasteiger partial charge in [0.05, 0.1) is 25.7 Å². The van der Waals surface area contributed by atoms with Crippen molar-refractivity contribution in [2.24, 2.45) is 0 Å². The summed E-state index contributed by atoms with van der Waals surface area (Å²) in [4.78, 5) is 40.2. The van der Waals surface area contributed by atoms with Crippen LogP contribution in [0.2, 0.25) is 0 Å². The van der Waals surface area contributed by atoms with E-state index in [1.165, 1.54) is 19.5 Å². The zero-order chi connectivity index (χ0) is 15.7. The Morgan fingerprint density at radius 2 is 2.27 bits per heavy atom. The highest BCUT2D eigenvalue weighted by Gasteiger charge is 2.23. The molecule has 0 saturated carbocycles. The number of anilines is 2. The van der Waals surface area contributed by atoms with Crippen LogP contribution < -0.4 is 16.2 Å². The molecule has 0 radical (unpaired) electrons. The van der Waals surface area contributed by atoms with Gasteiger partial charge in [-0.3, -0.25) is 4.79 Å². The Labute approximate surface area is 125 Å². The normalized spacial score (nSPS) is 13.6. The Balaban J connectivity index is 1.94. The van der Waals surface area contributed by atoms with E-state index in [-0.39, 0.29) is 17.1 Å². The molecule has 2 aromatic rings. The summed E-state index contributed by atoms with van der Waals surface area (Å²) in [6, 6.07) is 1.36. The molecule has 0 atom stereocenters. The molecule has 0 bridgehead atoms. The minimum absolute atomic E-state index is 0.0923. The van der Waals surface area contributed by atoms with Gasteiger partial charge in [0.15, 0.2) is 5.69 Å². The van der Waals surface area contributed by atoms with Gasteiger partial charge in [-0.05, 0) is 6.42 Å². The SMILES string of the molecule is COC(=O)c1cc(N)nc(N2CCc3c(nc[nH]c3=O)C2)n1. The molecule has 0 saturated heterocycles. The van der Waals surface area contributed by atoms with E-state index < -0.39 is 5.97 Å². The molecule has 9 nitrogen and oxygen atoms in total. The first-order chi connectivity index (χ1) is 10.6. The van der Waals surface area contributed by atoms with Crippen LogP contribution in [-0.2, 0) is 17.7 Å². The topological polar surface area (TPSA) is 127 Å². The first-order valence-corrected chi connectivity index (χ1v) is 6.61. The van der Waals surface area contributed by atoms with Crippen molar-refractivity contribution >= 4 is 17.7 Å². The molecule has 0 amide bonds. The van der Waals surface area contributed by atoms with Crippen LogP contribution in [-0.4, -0.2) is 39.6 Å². The van der Waals surface area contributed by atoms with E-state index in [1.54, 1.807) is 0 Å². The van der Waals surface area contributed by atoms with E-state index in [2.05, 4.69) is 24.7 Å². The number of hydrogen-bond acceptors (Lipinski definition) is 8. The highest BCUT2D eigenvalue weighted by molar-refractivity contribution is 5.88. The molecule has 9 heteroatoms. The number of nitrogen functional groups attached to an aromatic ring is 1.